The highest BCUT2D eigenvalue weighted by Gasteiger charge is 2.31. The summed E-state index contributed by atoms with van der Waals surface area (Å²) < 4.78 is 26.5. The maximum Gasteiger partial charge on any atom is 0.333 e. The van der Waals surface area contributed by atoms with Crippen LogP contribution in [0.1, 0.15) is 47.3 Å². The van der Waals surface area contributed by atoms with Crippen molar-refractivity contribution in [1.29, 1.82) is 0 Å². The minimum Gasteiger partial charge on any atom is -0.335 e. The van der Waals surface area contributed by atoms with E-state index in [0.717, 1.165) is 19.4 Å². The molecule has 2 aromatic heterocycles. The maximum absolute atomic E-state index is 12.9. The second-order valence-corrected chi connectivity index (χ2v) is 6.79. The number of carbonyl (C=O) groups is 1. The Morgan fingerprint density at radius 3 is 2.87 bits per heavy atom. The van der Waals surface area contributed by atoms with Gasteiger partial charge in [-0.05, 0) is 38.1 Å². The molecule has 0 aromatic carbocycles. The van der Waals surface area contributed by atoms with Gasteiger partial charge in [0.05, 0.1) is 18.2 Å². The Morgan fingerprint density at radius 2 is 2.26 bits per heavy atom. The van der Waals surface area contributed by atoms with Crippen molar-refractivity contribution in [3.8, 4) is 0 Å². The molecule has 7 heteroatoms. The molecule has 1 aliphatic heterocycles. The van der Waals surface area contributed by atoms with E-state index in [2.05, 4.69) is 5.10 Å². The fourth-order valence-electron chi connectivity index (χ4n) is 3.24. The standard InChI is InChI=1S/C16H19F2N3OS/c1-10-12(11(2)21(19-10)16(17)18)9-15(22)20-7-3-5-13(20)14-6-4-8-23-14/h4,6,8,13,16H,3,5,7,9H2,1-2H3/t13-/m0/s1. The number of likely N-dealkylation sites (tertiary alicyclic amines) is 1. The van der Waals surface area contributed by atoms with Gasteiger partial charge in [0.25, 0.3) is 0 Å². The van der Waals surface area contributed by atoms with Crippen LogP contribution in [0, 0.1) is 13.8 Å². The van der Waals surface area contributed by atoms with Crippen molar-refractivity contribution in [2.45, 2.75) is 45.7 Å². The average Bonchev–Trinajstić information content (AvgIpc) is 3.21. The molecule has 1 atom stereocenters. The van der Waals surface area contributed by atoms with Gasteiger partial charge in [-0.25, -0.2) is 4.68 Å². The van der Waals surface area contributed by atoms with Crippen LogP contribution in [0.3, 0.4) is 0 Å². The van der Waals surface area contributed by atoms with E-state index in [1.165, 1.54) is 4.88 Å². The van der Waals surface area contributed by atoms with E-state index in [-0.39, 0.29) is 18.4 Å². The lowest BCUT2D eigenvalue weighted by Crippen LogP contribution is -2.31. The van der Waals surface area contributed by atoms with Crippen LogP contribution in [0.15, 0.2) is 17.5 Å². The lowest BCUT2D eigenvalue weighted by molar-refractivity contribution is -0.131. The summed E-state index contributed by atoms with van der Waals surface area (Å²) in [6.07, 6.45) is 2.06. The molecule has 124 valence electrons. The second kappa shape index (κ2) is 6.39. The predicted octanol–water partition coefficient (Wildman–Crippen LogP) is 3.86. The van der Waals surface area contributed by atoms with Gasteiger partial charge in [0.15, 0.2) is 0 Å². The molecule has 1 saturated heterocycles. The normalized spacial score (nSPS) is 18.1. The molecule has 2 aromatic rings. The molecule has 0 radical (unpaired) electrons. The summed E-state index contributed by atoms with van der Waals surface area (Å²) >= 11 is 1.65. The number of aromatic nitrogens is 2. The summed E-state index contributed by atoms with van der Waals surface area (Å²) in [5, 5.41) is 5.87. The number of thiophene rings is 1. The van der Waals surface area contributed by atoms with E-state index < -0.39 is 6.55 Å². The van der Waals surface area contributed by atoms with Crippen LogP contribution in [0.2, 0.25) is 0 Å². The number of halogens is 2. The Labute approximate surface area is 137 Å². The van der Waals surface area contributed by atoms with Gasteiger partial charge in [0, 0.05) is 22.7 Å². The largest absolute Gasteiger partial charge is 0.335 e. The van der Waals surface area contributed by atoms with Crippen molar-refractivity contribution in [2.75, 3.05) is 6.54 Å². The molecule has 0 unspecified atom stereocenters. The SMILES string of the molecule is Cc1nn(C(F)F)c(C)c1CC(=O)N1CCC[C@H]1c1cccs1. The second-order valence-electron chi connectivity index (χ2n) is 5.81. The van der Waals surface area contributed by atoms with Gasteiger partial charge in [0.1, 0.15) is 0 Å². The summed E-state index contributed by atoms with van der Waals surface area (Å²) in [5.74, 6) is -0.0130. The van der Waals surface area contributed by atoms with Crippen molar-refractivity contribution in [2.24, 2.45) is 0 Å². The van der Waals surface area contributed by atoms with Crippen LogP contribution >= 0.6 is 11.3 Å². The van der Waals surface area contributed by atoms with Crippen molar-refractivity contribution in [3.05, 3.63) is 39.3 Å². The van der Waals surface area contributed by atoms with E-state index >= 15 is 0 Å². The number of hydrogen-bond donors (Lipinski definition) is 0. The van der Waals surface area contributed by atoms with Crippen LogP contribution in [-0.4, -0.2) is 27.1 Å². The third-order valence-electron chi connectivity index (χ3n) is 4.43. The van der Waals surface area contributed by atoms with E-state index in [9.17, 15) is 13.6 Å². The Hall–Kier alpha value is -1.76. The highest BCUT2D eigenvalue weighted by molar-refractivity contribution is 7.10. The van der Waals surface area contributed by atoms with Crippen molar-refractivity contribution in [1.82, 2.24) is 14.7 Å². The molecule has 4 nitrogen and oxygen atoms in total. The van der Waals surface area contributed by atoms with Crippen LogP contribution in [0.5, 0.6) is 0 Å². The summed E-state index contributed by atoms with van der Waals surface area (Å²) in [5.41, 5.74) is 1.49. The third kappa shape index (κ3) is 3.02. The van der Waals surface area contributed by atoms with Crippen LogP contribution in [-0.2, 0) is 11.2 Å². The maximum atomic E-state index is 12.9. The highest BCUT2D eigenvalue weighted by atomic mass is 32.1. The molecule has 1 fully saturated rings. The first-order chi connectivity index (χ1) is 11.0. The molecule has 23 heavy (non-hydrogen) atoms. The van der Waals surface area contributed by atoms with Gasteiger partial charge in [0.2, 0.25) is 5.91 Å². The zero-order valence-corrected chi connectivity index (χ0v) is 13.9. The Kier molecular flexibility index (Phi) is 4.48. The molecule has 0 saturated carbocycles. The van der Waals surface area contributed by atoms with E-state index in [1.807, 2.05) is 22.4 Å². The Bertz CT molecular complexity index is 696. The minimum atomic E-state index is -2.68. The van der Waals surface area contributed by atoms with Gasteiger partial charge >= 0.3 is 6.55 Å². The van der Waals surface area contributed by atoms with E-state index in [4.69, 9.17) is 0 Å². The quantitative estimate of drug-likeness (QED) is 0.848. The van der Waals surface area contributed by atoms with E-state index in [1.54, 1.807) is 25.2 Å². The fourth-order valence-corrected chi connectivity index (χ4v) is 4.11. The van der Waals surface area contributed by atoms with Gasteiger partial charge in [-0.3, -0.25) is 4.79 Å². The van der Waals surface area contributed by atoms with Crippen LogP contribution in [0.25, 0.3) is 0 Å². The van der Waals surface area contributed by atoms with Crippen LogP contribution < -0.4 is 0 Å². The smallest absolute Gasteiger partial charge is 0.333 e. The number of amides is 1. The van der Waals surface area contributed by atoms with Crippen LogP contribution in [0.4, 0.5) is 8.78 Å². The number of aryl methyl sites for hydroxylation is 1. The topological polar surface area (TPSA) is 38.1 Å². The molecular weight excluding hydrogens is 320 g/mol. The van der Waals surface area contributed by atoms with Crippen molar-refractivity contribution >= 4 is 17.2 Å². The van der Waals surface area contributed by atoms with Gasteiger partial charge in [-0.2, -0.15) is 13.9 Å². The third-order valence-corrected chi connectivity index (χ3v) is 5.41. The van der Waals surface area contributed by atoms with Gasteiger partial charge in [-0.1, -0.05) is 6.07 Å². The first-order valence-corrected chi connectivity index (χ1v) is 8.52. The molecule has 1 aliphatic rings. The van der Waals surface area contributed by atoms with Crippen molar-refractivity contribution < 1.29 is 13.6 Å². The van der Waals surface area contributed by atoms with E-state index in [0.29, 0.717) is 21.6 Å². The Morgan fingerprint density at radius 1 is 1.48 bits per heavy atom. The zero-order chi connectivity index (χ0) is 16.6. The summed E-state index contributed by atoms with van der Waals surface area (Å²) in [7, 11) is 0. The molecule has 3 heterocycles. The summed E-state index contributed by atoms with van der Waals surface area (Å²) in [4.78, 5) is 15.8. The number of nitrogens with zero attached hydrogens (tertiary/aromatic N) is 3. The molecule has 3 rings (SSSR count). The number of carbonyl (C=O) groups excluding carboxylic acids is 1. The lowest BCUT2D eigenvalue weighted by atomic mass is 10.1. The van der Waals surface area contributed by atoms with Crippen molar-refractivity contribution in [3.63, 3.8) is 0 Å². The summed E-state index contributed by atoms with van der Waals surface area (Å²) in [6, 6.07) is 4.15. The van der Waals surface area contributed by atoms with Gasteiger partial charge in [-0.15, -0.1) is 11.3 Å². The fraction of sp³-hybridized carbons (Fsp3) is 0.500. The predicted molar refractivity (Wildman–Crippen MR) is 84.7 cm³/mol. The molecule has 0 N–H and O–H groups in total. The zero-order valence-electron chi connectivity index (χ0n) is 13.1. The average molecular weight is 339 g/mol. The van der Waals surface area contributed by atoms with Gasteiger partial charge < -0.3 is 4.90 Å². The molecule has 1 amide bonds. The number of hydrogen-bond acceptors (Lipinski definition) is 3. The summed E-state index contributed by atoms with van der Waals surface area (Å²) in [6.45, 7) is 1.32. The molecule has 0 bridgehead atoms. The Balaban J connectivity index is 1.79. The number of alkyl halides is 2. The first-order valence-electron chi connectivity index (χ1n) is 7.64. The number of rotatable bonds is 4. The molecule has 0 spiro atoms. The molecular formula is C16H19F2N3OS. The molecule has 0 aliphatic carbocycles. The highest BCUT2D eigenvalue weighted by Crippen LogP contribution is 2.35. The minimum absolute atomic E-state index is 0.0130. The lowest BCUT2D eigenvalue weighted by Gasteiger charge is -2.24. The monoisotopic (exact) mass is 339 g/mol. The first kappa shape index (κ1) is 16.1.